The molecule has 0 aromatic rings. The first-order valence-electron chi connectivity index (χ1n) is 6.82. The number of carbonyl (C=O) groups excluding carboxylic acids is 1. The first kappa shape index (κ1) is 11.5. The zero-order chi connectivity index (χ0) is 11.8. The molecule has 3 aliphatic rings. The molecule has 0 bridgehead atoms. The third-order valence-corrected chi connectivity index (χ3v) is 4.66. The lowest BCUT2D eigenvalue weighted by Crippen LogP contribution is -2.51. The Morgan fingerprint density at radius 1 is 1.29 bits per heavy atom. The SMILES string of the molecule is O=C(C1C2CCCCC21)N1CCOCC1CO. The first-order valence-corrected chi connectivity index (χ1v) is 6.82. The van der Waals surface area contributed by atoms with Crippen LogP contribution in [0.4, 0.5) is 0 Å². The van der Waals surface area contributed by atoms with Crippen molar-refractivity contribution in [3.8, 4) is 0 Å². The Morgan fingerprint density at radius 2 is 2.00 bits per heavy atom. The largest absolute Gasteiger partial charge is 0.394 e. The predicted octanol–water partition coefficient (Wildman–Crippen LogP) is 0.642. The number of aliphatic hydroxyl groups is 1. The second-order valence-electron chi connectivity index (χ2n) is 5.58. The van der Waals surface area contributed by atoms with Gasteiger partial charge in [0.2, 0.25) is 5.91 Å². The van der Waals surface area contributed by atoms with Gasteiger partial charge >= 0.3 is 0 Å². The average Bonchev–Trinajstić information content (AvgIpc) is 3.12. The van der Waals surface area contributed by atoms with Gasteiger partial charge in [-0.3, -0.25) is 4.79 Å². The summed E-state index contributed by atoms with van der Waals surface area (Å²) in [5.41, 5.74) is 0. The molecule has 2 saturated carbocycles. The van der Waals surface area contributed by atoms with Crippen molar-refractivity contribution in [3.63, 3.8) is 0 Å². The second-order valence-corrected chi connectivity index (χ2v) is 5.58. The van der Waals surface area contributed by atoms with E-state index < -0.39 is 0 Å². The third-order valence-electron chi connectivity index (χ3n) is 4.66. The van der Waals surface area contributed by atoms with Gasteiger partial charge in [-0.05, 0) is 24.7 Å². The zero-order valence-corrected chi connectivity index (χ0v) is 10.2. The molecule has 1 amide bonds. The molecule has 1 N–H and O–H groups in total. The monoisotopic (exact) mass is 239 g/mol. The number of morpholine rings is 1. The standard InChI is InChI=1S/C13H21NO3/c15-7-9-8-17-6-5-14(9)13(16)12-10-3-1-2-4-11(10)12/h9-12,15H,1-8H2. The predicted molar refractivity (Wildman–Crippen MR) is 62.3 cm³/mol. The van der Waals surface area contributed by atoms with E-state index in [1.165, 1.54) is 25.7 Å². The van der Waals surface area contributed by atoms with Crippen LogP contribution in [0.1, 0.15) is 25.7 Å². The topological polar surface area (TPSA) is 49.8 Å². The van der Waals surface area contributed by atoms with Crippen molar-refractivity contribution < 1.29 is 14.6 Å². The highest BCUT2D eigenvalue weighted by Crippen LogP contribution is 2.56. The van der Waals surface area contributed by atoms with Gasteiger partial charge < -0.3 is 14.7 Å². The van der Waals surface area contributed by atoms with Crippen molar-refractivity contribution in [1.82, 2.24) is 4.90 Å². The summed E-state index contributed by atoms with van der Waals surface area (Å²) in [6, 6.07) is -0.112. The molecule has 3 fully saturated rings. The van der Waals surface area contributed by atoms with E-state index in [-0.39, 0.29) is 24.5 Å². The molecule has 0 aromatic carbocycles. The van der Waals surface area contributed by atoms with E-state index in [1.807, 2.05) is 4.90 Å². The molecule has 4 heteroatoms. The number of fused-ring (bicyclic) bond motifs is 1. The smallest absolute Gasteiger partial charge is 0.226 e. The van der Waals surface area contributed by atoms with Crippen LogP contribution in [-0.2, 0) is 9.53 Å². The molecule has 96 valence electrons. The minimum Gasteiger partial charge on any atom is -0.394 e. The molecule has 1 heterocycles. The Labute approximate surface area is 102 Å². The number of amides is 1. The van der Waals surface area contributed by atoms with Crippen LogP contribution in [0.25, 0.3) is 0 Å². The lowest BCUT2D eigenvalue weighted by molar-refractivity contribution is -0.143. The summed E-state index contributed by atoms with van der Waals surface area (Å²) in [6.45, 7) is 1.78. The molecule has 0 spiro atoms. The van der Waals surface area contributed by atoms with Crippen LogP contribution < -0.4 is 0 Å². The highest BCUT2D eigenvalue weighted by atomic mass is 16.5. The van der Waals surface area contributed by atoms with E-state index in [9.17, 15) is 9.90 Å². The molecule has 1 aliphatic heterocycles. The molecule has 4 nitrogen and oxygen atoms in total. The van der Waals surface area contributed by atoms with Crippen LogP contribution in [0, 0.1) is 17.8 Å². The molecule has 17 heavy (non-hydrogen) atoms. The third kappa shape index (κ3) is 1.97. The summed E-state index contributed by atoms with van der Waals surface area (Å²) >= 11 is 0. The summed E-state index contributed by atoms with van der Waals surface area (Å²) in [6.07, 6.45) is 5.04. The minimum absolute atomic E-state index is 0.0216. The Hall–Kier alpha value is -0.610. The van der Waals surface area contributed by atoms with Gasteiger partial charge in [0.25, 0.3) is 0 Å². The van der Waals surface area contributed by atoms with Crippen molar-refractivity contribution in [3.05, 3.63) is 0 Å². The summed E-state index contributed by atoms with van der Waals surface area (Å²) in [5, 5.41) is 9.30. The highest BCUT2D eigenvalue weighted by Gasteiger charge is 2.56. The van der Waals surface area contributed by atoms with E-state index in [0.717, 1.165) is 0 Å². The van der Waals surface area contributed by atoms with E-state index in [4.69, 9.17) is 4.74 Å². The summed E-state index contributed by atoms with van der Waals surface area (Å²) < 4.78 is 5.32. The number of carbonyl (C=O) groups is 1. The van der Waals surface area contributed by atoms with Gasteiger partial charge in [-0.1, -0.05) is 12.8 Å². The van der Waals surface area contributed by atoms with Crippen LogP contribution in [0.2, 0.25) is 0 Å². The van der Waals surface area contributed by atoms with Crippen molar-refractivity contribution >= 4 is 5.91 Å². The van der Waals surface area contributed by atoms with Gasteiger partial charge in [-0.15, -0.1) is 0 Å². The van der Waals surface area contributed by atoms with Crippen molar-refractivity contribution in [1.29, 1.82) is 0 Å². The Morgan fingerprint density at radius 3 is 2.65 bits per heavy atom. The van der Waals surface area contributed by atoms with E-state index in [2.05, 4.69) is 0 Å². The molecule has 2 aliphatic carbocycles. The summed E-state index contributed by atoms with van der Waals surface area (Å²) in [5.74, 6) is 1.85. The molecule has 1 saturated heterocycles. The first-order chi connectivity index (χ1) is 8.33. The number of hydrogen-bond donors (Lipinski definition) is 1. The van der Waals surface area contributed by atoms with Crippen LogP contribution in [-0.4, -0.2) is 48.3 Å². The number of aliphatic hydroxyl groups excluding tert-OH is 1. The van der Waals surface area contributed by atoms with Crippen LogP contribution >= 0.6 is 0 Å². The molecule has 3 atom stereocenters. The average molecular weight is 239 g/mol. The Balaban J connectivity index is 1.65. The Kier molecular flexibility index (Phi) is 3.09. The molecule has 0 radical (unpaired) electrons. The second kappa shape index (κ2) is 4.58. The van der Waals surface area contributed by atoms with Gasteiger partial charge in [0, 0.05) is 12.5 Å². The Bertz CT molecular complexity index is 295. The van der Waals surface area contributed by atoms with Gasteiger partial charge in [0.05, 0.1) is 25.9 Å². The van der Waals surface area contributed by atoms with Crippen LogP contribution in [0.15, 0.2) is 0 Å². The fraction of sp³-hybridized carbons (Fsp3) is 0.923. The fourth-order valence-corrected chi connectivity index (χ4v) is 3.65. The van der Waals surface area contributed by atoms with Crippen molar-refractivity contribution in [2.45, 2.75) is 31.7 Å². The lowest BCUT2D eigenvalue weighted by atomic mass is 10.0. The molecular formula is C13H21NO3. The molecule has 0 aromatic heterocycles. The fourth-order valence-electron chi connectivity index (χ4n) is 3.65. The van der Waals surface area contributed by atoms with Crippen molar-refractivity contribution in [2.75, 3.05) is 26.4 Å². The van der Waals surface area contributed by atoms with Gasteiger partial charge in [0.1, 0.15) is 0 Å². The highest BCUT2D eigenvalue weighted by molar-refractivity contribution is 5.82. The van der Waals surface area contributed by atoms with Crippen molar-refractivity contribution in [2.24, 2.45) is 17.8 Å². The quantitative estimate of drug-likeness (QED) is 0.769. The van der Waals surface area contributed by atoms with Gasteiger partial charge in [-0.2, -0.15) is 0 Å². The van der Waals surface area contributed by atoms with Crippen LogP contribution in [0.3, 0.4) is 0 Å². The number of rotatable bonds is 2. The minimum atomic E-state index is -0.112. The molecular weight excluding hydrogens is 218 g/mol. The van der Waals surface area contributed by atoms with Gasteiger partial charge in [0.15, 0.2) is 0 Å². The summed E-state index contributed by atoms with van der Waals surface area (Å²) in [4.78, 5) is 14.3. The number of ether oxygens (including phenoxy) is 1. The lowest BCUT2D eigenvalue weighted by Gasteiger charge is -2.34. The van der Waals surface area contributed by atoms with Gasteiger partial charge in [-0.25, -0.2) is 0 Å². The normalized spacial score (nSPS) is 40.9. The zero-order valence-electron chi connectivity index (χ0n) is 10.2. The van der Waals surface area contributed by atoms with Crippen LogP contribution in [0.5, 0.6) is 0 Å². The maximum absolute atomic E-state index is 12.5. The van der Waals surface area contributed by atoms with E-state index >= 15 is 0 Å². The number of hydrogen-bond acceptors (Lipinski definition) is 3. The maximum Gasteiger partial charge on any atom is 0.226 e. The maximum atomic E-state index is 12.5. The molecule has 3 rings (SSSR count). The number of nitrogens with zero attached hydrogens (tertiary/aromatic N) is 1. The summed E-state index contributed by atoms with van der Waals surface area (Å²) in [7, 11) is 0. The molecule has 3 unspecified atom stereocenters. The van der Waals surface area contributed by atoms with E-state index in [0.29, 0.717) is 31.6 Å². The van der Waals surface area contributed by atoms with E-state index in [1.54, 1.807) is 0 Å².